The van der Waals surface area contributed by atoms with E-state index in [1.54, 1.807) is 7.05 Å². The van der Waals surface area contributed by atoms with Crippen LogP contribution in [0, 0.1) is 0 Å². The average molecular weight is 242 g/mol. The van der Waals surface area contributed by atoms with Crippen molar-refractivity contribution in [3.8, 4) is 0 Å². The number of hydrogen-bond donors (Lipinski definition) is 2. The first-order chi connectivity index (χ1) is 8.06. The quantitative estimate of drug-likeness (QED) is 0.607. The van der Waals surface area contributed by atoms with Crippen molar-refractivity contribution in [2.24, 2.45) is 0 Å². The summed E-state index contributed by atoms with van der Waals surface area (Å²) in [4.78, 5) is 22.2. The molecule has 0 radical (unpaired) electrons. The summed E-state index contributed by atoms with van der Waals surface area (Å²) in [6.45, 7) is 3.94. The maximum absolute atomic E-state index is 11.3. The molecular formula is C13H26N2O2. The van der Waals surface area contributed by atoms with Crippen molar-refractivity contribution in [3.63, 3.8) is 0 Å². The van der Waals surface area contributed by atoms with Crippen LogP contribution in [0.4, 0.5) is 0 Å². The fourth-order valence-corrected chi connectivity index (χ4v) is 1.62. The molecule has 0 aliphatic carbocycles. The summed E-state index contributed by atoms with van der Waals surface area (Å²) < 4.78 is 0. The minimum absolute atomic E-state index is 0.112. The Kier molecular flexibility index (Phi) is 9.49. The van der Waals surface area contributed by atoms with Crippen LogP contribution in [-0.2, 0) is 9.59 Å². The molecule has 0 aromatic heterocycles. The molecule has 0 heterocycles. The van der Waals surface area contributed by atoms with E-state index in [-0.39, 0.29) is 17.9 Å². The minimum Gasteiger partial charge on any atom is -0.359 e. The summed E-state index contributed by atoms with van der Waals surface area (Å²) in [5.74, 6) is 0.256. The summed E-state index contributed by atoms with van der Waals surface area (Å²) >= 11 is 0. The molecule has 100 valence electrons. The van der Waals surface area contributed by atoms with Crippen molar-refractivity contribution < 1.29 is 9.59 Å². The highest BCUT2D eigenvalue weighted by Gasteiger charge is 2.02. The maximum atomic E-state index is 11.3. The average Bonchev–Trinajstić information content (AvgIpc) is 2.26. The molecule has 0 bridgehead atoms. The molecule has 0 aromatic carbocycles. The highest BCUT2D eigenvalue weighted by Crippen LogP contribution is 2.07. The Morgan fingerprint density at radius 2 is 1.35 bits per heavy atom. The van der Waals surface area contributed by atoms with Gasteiger partial charge in [-0.1, -0.05) is 19.3 Å². The van der Waals surface area contributed by atoms with Gasteiger partial charge in [-0.05, 0) is 26.7 Å². The van der Waals surface area contributed by atoms with Gasteiger partial charge in [0.2, 0.25) is 11.8 Å². The lowest BCUT2D eigenvalue weighted by molar-refractivity contribution is -0.122. The zero-order valence-corrected chi connectivity index (χ0v) is 11.3. The topological polar surface area (TPSA) is 58.2 Å². The highest BCUT2D eigenvalue weighted by molar-refractivity contribution is 5.76. The van der Waals surface area contributed by atoms with Crippen LogP contribution in [0.25, 0.3) is 0 Å². The molecule has 0 fully saturated rings. The third-order valence-electron chi connectivity index (χ3n) is 2.54. The van der Waals surface area contributed by atoms with Crippen LogP contribution in [0.3, 0.4) is 0 Å². The van der Waals surface area contributed by atoms with Crippen LogP contribution in [-0.4, -0.2) is 24.9 Å². The van der Waals surface area contributed by atoms with Crippen LogP contribution >= 0.6 is 0 Å². The van der Waals surface area contributed by atoms with Gasteiger partial charge < -0.3 is 10.6 Å². The standard InChI is InChI=1S/C13H26N2O2/c1-11(2)15-13(17)10-8-6-4-5-7-9-12(16)14-3/h11H,4-10H2,1-3H3,(H,14,16)(H,15,17). The molecule has 17 heavy (non-hydrogen) atoms. The molecule has 0 aromatic rings. The van der Waals surface area contributed by atoms with Crippen molar-refractivity contribution in [1.82, 2.24) is 10.6 Å². The zero-order chi connectivity index (χ0) is 13.1. The predicted molar refractivity (Wildman–Crippen MR) is 69.7 cm³/mol. The van der Waals surface area contributed by atoms with E-state index in [4.69, 9.17) is 0 Å². The SMILES string of the molecule is CNC(=O)CCCCCCCC(=O)NC(C)C. The van der Waals surface area contributed by atoms with E-state index in [1.807, 2.05) is 13.8 Å². The third kappa shape index (κ3) is 11.2. The molecule has 4 heteroatoms. The van der Waals surface area contributed by atoms with Crippen LogP contribution < -0.4 is 10.6 Å². The third-order valence-corrected chi connectivity index (χ3v) is 2.54. The van der Waals surface area contributed by atoms with Crippen LogP contribution in [0.15, 0.2) is 0 Å². The molecule has 0 atom stereocenters. The molecule has 0 aliphatic rings. The van der Waals surface area contributed by atoms with Gasteiger partial charge in [0.25, 0.3) is 0 Å². The first kappa shape index (κ1) is 15.9. The number of hydrogen-bond acceptors (Lipinski definition) is 2. The van der Waals surface area contributed by atoms with Gasteiger partial charge in [0, 0.05) is 25.9 Å². The van der Waals surface area contributed by atoms with Crippen LogP contribution in [0.2, 0.25) is 0 Å². The summed E-state index contributed by atoms with van der Waals surface area (Å²) in [5.41, 5.74) is 0. The summed E-state index contributed by atoms with van der Waals surface area (Å²) in [7, 11) is 1.66. The first-order valence-corrected chi connectivity index (χ1v) is 6.56. The van der Waals surface area contributed by atoms with Gasteiger partial charge in [0.05, 0.1) is 0 Å². The van der Waals surface area contributed by atoms with Crippen molar-refractivity contribution in [2.45, 2.75) is 64.8 Å². The van der Waals surface area contributed by atoms with Gasteiger partial charge in [0.15, 0.2) is 0 Å². The normalized spacial score (nSPS) is 10.4. The lowest BCUT2D eigenvalue weighted by Gasteiger charge is -2.07. The largest absolute Gasteiger partial charge is 0.359 e. The van der Waals surface area contributed by atoms with Gasteiger partial charge in [-0.15, -0.1) is 0 Å². The van der Waals surface area contributed by atoms with Gasteiger partial charge in [-0.2, -0.15) is 0 Å². The fraction of sp³-hybridized carbons (Fsp3) is 0.846. The van der Waals surface area contributed by atoms with Gasteiger partial charge in [-0.25, -0.2) is 0 Å². The predicted octanol–water partition coefficient (Wildman–Crippen LogP) is 1.99. The summed E-state index contributed by atoms with van der Waals surface area (Å²) in [6.07, 6.45) is 6.36. The number of carbonyl (C=O) groups excluding carboxylic acids is 2. The van der Waals surface area contributed by atoms with Crippen molar-refractivity contribution in [2.75, 3.05) is 7.05 Å². The number of carbonyl (C=O) groups is 2. The Morgan fingerprint density at radius 1 is 0.882 bits per heavy atom. The van der Waals surface area contributed by atoms with Gasteiger partial charge in [-0.3, -0.25) is 9.59 Å². The second-order valence-corrected chi connectivity index (χ2v) is 4.66. The van der Waals surface area contributed by atoms with E-state index in [0.29, 0.717) is 12.8 Å². The van der Waals surface area contributed by atoms with Crippen molar-refractivity contribution >= 4 is 11.8 Å². The molecule has 2 N–H and O–H groups in total. The Morgan fingerprint density at radius 3 is 1.82 bits per heavy atom. The Hall–Kier alpha value is -1.06. The summed E-state index contributed by atoms with van der Waals surface area (Å²) in [6, 6.07) is 0.232. The minimum atomic E-state index is 0.112. The number of amides is 2. The smallest absolute Gasteiger partial charge is 0.220 e. The van der Waals surface area contributed by atoms with Gasteiger partial charge >= 0.3 is 0 Å². The maximum Gasteiger partial charge on any atom is 0.220 e. The first-order valence-electron chi connectivity index (χ1n) is 6.56. The second kappa shape index (κ2) is 10.1. The molecule has 0 unspecified atom stereocenters. The number of nitrogens with one attached hydrogen (secondary N) is 2. The number of rotatable bonds is 9. The molecule has 0 spiro atoms. The Labute approximate surface area is 105 Å². The van der Waals surface area contributed by atoms with E-state index >= 15 is 0 Å². The number of unbranched alkanes of at least 4 members (excludes halogenated alkanes) is 4. The Balaban J connectivity index is 3.24. The zero-order valence-electron chi connectivity index (χ0n) is 11.3. The van der Waals surface area contributed by atoms with E-state index < -0.39 is 0 Å². The molecule has 0 rings (SSSR count). The van der Waals surface area contributed by atoms with Gasteiger partial charge in [0.1, 0.15) is 0 Å². The highest BCUT2D eigenvalue weighted by atomic mass is 16.2. The molecule has 2 amide bonds. The van der Waals surface area contributed by atoms with Crippen LogP contribution in [0.1, 0.15) is 58.8 Å². The molecular weight excluding hydrogens is 216 g/mol. The molecule has 0 saturated carbocycles. The van der Waals surface area contributed by atoms with E-state index in [0.717, 1.165) is 32.1 Å². The molecule has 0 aliphatic heterocycles. The fourth-order valence-electron chi connectivity index (χ4n) is 1.62. The Bertz CT molecular complexity index is 227. The molecule has 0 saturated heterocycles. The lowest BCUT2D eigenvalue weighted by Crippen LogP contribution is -2.29. The van der Waals surface area contributed by atoms with Crippen molar-refractivity contribution in [3.05, 3.63) is 0 Å². The van der Waals surface area contributed by atoms with E-state index in [9.17, 15) is 9.59 Å². The molecule has 4 nitrogen and oxygen atoms in total. The van der Waals surface area contributed by atoms with Crippen molar-refractivity contribution in [1.29, 1.82) is 0 Å². The lowest BCUT2D eigenvalue weighted by atomic mass is 10.1. The second-order valence-electron chi connectivity index (χ2n) is 4.66. The van der Waals surface area contributed by atoms with E-state index in [2.05, 4.69) is 10.6 Å². The van der Waals surface area contributed by atoms with Crippen LogP contribution in [0.5, 0.6) is 0 Å². The monoisotopic (exact) mass is 242 g/mol. The summed E-state index contributed by atoms with van der Waals surface area (Å²) in [5, 5.41) is 5.48. The van der Waals surface area contributed by atoms with E-state index in [1.165, 1.54) is 0 Å².